The highest BCUT2D eigenvalue weighted by molar-refractivity contribution is 5.26. The highest BCUT2D eigenvalue weighted by Gasteiger charge is 2.10. The average molecular weight is 239 g/mol. The molecule has 0 amide bonds. The van der Waals surface area contributed by atoms with Crippen LogP contribution < -0.4 is 5.32 Å². The number of rotatable bonds is 5. The Morgan fingerprint density at radius 1 is 0.944 bits per heavy atom. The first-order chi connectivity index (χ1) is 8.79. The van der Waals surface area contributed by atoms with Crippen LogP contribution >= 0.6 is 0 Å². The van der Waals surface area contributed by atoms with Crippen LogP contribution in [0.5, 0.6) is 0 Å². The summed E-state index contributed by atoms with van der Waals surface area (Å²) in [5.41, 5.74) is 4.06. The molecule has 2 rings (SSSR count). The number of benzene rings is 2. The van der Waals surface area contributed by atoms with Gasteiger partial charge in [0.05, 0.1) is 0 Å². The molecule has 1 heteroatoms. The van der Waals surface area contributed by atoms with E-state index in [9.17, 15) is 0 Å². The van der Waals surface area contributed by atoms with Crippen molar-refractivity contribution in [3.63, 3.8) is 0 Å². The van der Waals surface area contributed by atoms with Gasteiger partial charge in [0.15, 0.2) is 0 Å². The standard InChI is InChI=1S/C17H21N/c1-3-18-17(16-7-5-4-6-8-16)13-15-11-9-14(2)10-12-15/h4-12,17-18H,3,13H2,1-2H3/t17-/m1/s1. The zero-order chi connectivity index (χ0) is 12.8. The molecule has 0 radical (unpaired) electrons. The molecule has 0 heterocycles. The lowest BCUT2D eigenvalue weighted by atomic mass is 9.98. The molecule has 1 nitrogen and oxygen atoms in total. The van der Waals surface area contributed by atoms with E-state index in [0.717, 1.165) is 13.0 Å². The van der Waals surface area contributed by atoms with Gasteiger partial charge >= 0.3 is 0 Å². The van der Waals surface area contributed by atoms with E-state index >= 15 is 0 Å². The van der Waals surface area contributed by atoms with E-state index in [1.807, 2.05) is 0 Å². The van der Waals surface area contributed by atoms with E-state index in [1.54, 1.807) is 0 Å². The summed E-state index contributed by atoms with van der Waals surface area (Å²) < 4.78 is 0. The summed E-state index contributed by atoms with van der Waals surface area (Å²) in [6.45, 7) is 5.28. The fourth-order valence-corrected chi connectivity index (χ4v) is 2.20. The summed E-state index contributed by atoms with van der Waals surface area (Å²) in [4.78, 5) is 0. The fourth-order valence-electron chi connectivity index (χ4n) is 2.20. The van der Waals surface area contributed by atoms with E-state index in [1.165, 1.54) is 16.7 Å². The molecule has 0 aromatic heterocycles. The van der Waals surface area contributed by atoms with Gasteiger partial charge < -0.3 is 5.32 Å². The molecular weight excluding hydrogens is 218 g/mol. The third kappa shape index (κ3) is 3.44. The van der Waals surface area contributed by atoms with Crippen molar-refractivity contribution in [3.8, 4) is 0 Å². The molecule has 0 aliphatic heterocycles. The number of hydrogen-bond acceptors (Lipinski definition) is 1. The van der Waals surface area contributed by atoms with Crippen LogP contribution in [0, 0.1) is 6.92 Å². The maximum absolute atomic E-state index is 3.56. The topological polar surface area (TPSA) is 12.0 Å². The summed E-state index contributed by atoms with van der Waals surface area (Å²) in [7, 11) is 0. The second-order valence-corrected chi connectivity index (χ2v) is 4.71. The maximum atomic E-state index is 3.56. The molecule has 0 bridgehead atoms. The van der Waals surface area contributed by atoms with Gasteiger partial charge in [0.1, 0.15) is 0 Å². The van der Waals surface area contributed by atoms with Crippen molar-refractivity contribution >= 4 is 0 Å². The van der Waals surface area contributed by atoms with Gasteiger partial charge in [-0.25, -0.2) is 0 Å². The molecule has 0 saturated carbocycles. The van der Waals surface area contributed by atoms with Gasteiger partial charge in [-0.05, 0) is 31.0 Å². The van der Waals surface area contributed by atoms with E-state index in [2.05, 4.69) is 73.8 Å². The van der Waals surface area contributed by atoms with Crippen LogP contribution in [0.3, 0.4) is 0 Å². The van der Waals surface area contributed by atoms with Crippen LogP contribution in [0.15, 0.2) is 54.6 Å². The van der Waals surface area contributed by atoms with Gasteiger partial charge in [-0.2, -0.15) is 0 Å². The molecule has 2 aromatic rings. The third-order valence-electron chi connectivity index (χ3n) is 3.21. The summed E-state index contributed by atoms with van der Waals surface area (Å²) in [5.74, 6) is 0. The van der Waals surface area contributed by atoms with Gasteiger partial charge in [-0.15, -0.1) is 0 Å². The van der Waals surface area contributed by atoms with Gasteiger partial charge in [0, 0.05) is 6.04 Å². The summed E-state index contributed by atoms with van der Waals surface area (Å²) in [6, 6.07) is 19.9. The first-order valence-electron chi connectivity index (χ1n) is 6.63. The summed E-state index contributed by atoms with van der Waals surface area (Å²) >= 11 is 0. The van der Waals surface area contributed by atoms with Crippen LogP contribution in [-0.2, 0) is 6.42 Å². The van der Waals surface area contributed by atoms with E-state index in [0.29, 0.717) is 6.04 Å². The monoisotopic (exact) mass is 239 g/mol. The SMILES string of the molecule is CCN[C@H](Cc1ccc(C)cc1)c1ccccc1. The number of nitrogens with one attached hydrogen (secondary N) is 1. The molecule has 0 fully saturated rings. The quantitative estimate of drug-likeness (QED) is 0.834. The van der Waals surface area contributed by atoms with Gasteiger partial charge in [0.2, 0.25) is 0 Å². The van der Waals surface area contributed by atoms with Crippen LogP contribution in [-0.4, -0.2) is 6.54 Å². The number of hydrogen-bond donors (Lipinski definition) is 1. The zero-order valence-electron chi connectivity index (χ0n) is 11.2. The Balaban J connectivity index is 2.14. The largest absolute Gasteiger partial charge is 0.310 e. The lowest BCUT2D eigenvalue weighted by Crippen LogP contribution is -2.22. The van der Waals surface area contributed by atoms with Crippen LogP contribution in [0.1, 0.15) is 29.7 Å². The minimum Gasteiger partial charge on any atom is -0.310 e. The molecule has 1 atom stereocenters. The molecule has 0 aliphatic carbocycles. The van der Waals surface area contributed by atoms with Crippen molar-refractivity contribution in [2.45, 2.75) is 26.3 Å². The minimum atomic E-state index is 0.402. The molecule has 0 saturated heterocycles. The minimum absolute atomic E-state index is 0.402. The molecule has 0 spiro atoms. The summed E-state index contributed by atoms with van der Waals surface area (Å²) in [5, 5.41) is 3.56. The molecule has 18 heavy (non-hydrogen) atoms. The first-order valence-corrected chi connectivity index (χ1v) is 6.63. The normalized spacial score (nSPS) is 12.3. The van der Waals surface area contributed by atoms with Crippen molar-refractivity contribution in [2.24, 2.45) is 0 Å². The van der Waals surface area contributed by atoms with Crippen molar-refractivity contribution in [1.29, 1.82) is 0 Å². The Morgan fingerprint density at radius 2 is 1.61 bits per heavy atom. The Kier molecular flexibility index (Phi) is 4.54. The third-order valence-corrected chi connectivity index (χ3v) is 3.21. The second-order valence-electron chi connectivity index (χ2n) is 4.71. The van der Waals surface area contributed by atoms with E-state index < -0.39 is 0 Å². The molecule has 94 valence electrons. The van der Waals surface area contributed by atoms with E-state index in [4.69, 9.17) is 0 Å². The Labute approximate surface area is 110 Å². The molecule has 1 N–H and O–H groups in total. The van der Waals surface area contributed by atoms with Crippen molar-refractivity contribution in [3.05, 3.63) is 71.3 Å². The van der Waals surface area contributed by atoms with Crippen LogP contribution in [0.25, 0.3) is 0 Å². The highest BCUT2D eigenvalue weighted by atomic mass is 14.9. The van der Waals surface area contributed by atoms with Gasteiger partial charge in [-0.1, -0.05) is 67.1 Å². The first kappa shape index (κ1) is 12.8. The second kappa shape index (κ2) is 6.36. The Bertz CT molecular complexity index is 459. The molecule has 2 aromatic carbocycles. The van der Waals surface area contributed by atoms with Crippen molar-refractivity contribution < 1.29 is 0 Å². The van der Waals surface area contributed by atoms with Gasteiger partial charge in [0.25, 0.3) is 0 Å². The molecular formula is C17H21N. The predicted octanol–water partition coefficient (Wildman–Crippen LogP) is 3.89. The van der Waals surface area contributed by atoms with Gasteiger partial charge in [-0.3, -0.25) is 0 Å². The predicted molar refractivity (Wildman–Crippen MR) is 77.7 cm³/mol. The smallest absolute Gasteiger partial charge is 0.0360 e. The molecule has 0 aliphatic rings. The zero-order valence-corrected chi connectivity index (χ0v) is 11.2. The van der Waals surface area contributed by atoms with E-state index in [-0.39, 0.29) is 0 Å². The Morgan fingerprint density at radius 3 is 2.22 bits per heavy atom. The molecule has 0 unspecified atom stereocenters. The Hall–Kier alpha value is -1.60. The van der Waals surface area contributed by atoms with Crippen LogP contribution in [0.4, 0.5) is 0 Å². The average Bonchev–Trinajstić information content (AvgIpc) is 2.42. The number of aryl methyl sites for hydroxylation is 1. The fraction of sp³-hybridized carbons (Fsp3) is 0.294. The lowest BCUT2D eigenvalue weighted by Gasteiger charge is -2.18. The maximum Gasteiger partial charge on any atom is 0.0360 e. The number of likely N-dealkylation sites (N-methyl/N-ethyl adjacent to an activating group) is 1. The van der Waals surface area contributed by atoms with Crippen molar-refractivity contribution in [1.82, 2.24) is 5.32 Å². The van der Waals surface area contributed by atoms with Crippen LogP contribution in [0.2, 0.25) is 0 Å². The summed E-state index contributed by atoms with van der Waals surface area (Å²) in [6.07, 6.45) is 1.04. The highest BCUT2D eigenvalue weighted by Crippen LogP contribution is 2.18. The lowest BCUT2D eigenvalue weighted by molar-refractivity contribution is 0.550. The van der Waals surface area contributed by atoms with Crippen molar-refractivity contribution in [2.75, 3.05) is 6.54 Å².